The Hall–Kier alpha value is -2.93. The average Bonchev–Trinajstić information content (AvgIpc) is 2.78. The Balaban J connectivity index is 1.54. The first kappa shape index (κ1) is 20.0. The summed E-state index contributed by atoms with van der Waals surface area (Å²) in [5.41, 5.74) is 5.24. The van der Waals surface area contributed by atoms with Crippen LogP contribution in [0.1, 0.15) is 16.7 Å². The lowest BCUT2D eigenvalue weighted by atomic mass is 10.0. The van der Waals surface area contributed by atoms with E-state index in [0.717, 1.165) is 30.8 Å². The molecule has 156 valence electrons. The highest BCUT2D eigenvalue weighted by atomic mass is 35.5. The van der Waals surface area contributed by atoms with Gasteiger partial charge in [0.05, 0.1) is 21.6 Å². The zero-order valence-electron chi connectivity index (χ0n) is 16.7. The minimum atomic E-state index is -0.254. The van der Waals surface area contributed by atoms with E-state index in [1.807, 2.05) is 13.0 Å². The van der Waals surface area contributed by atoms with Gasteiger partial charge in [0.25, 0.3) is 5.56 Å². The lowest BCUT2D eigenvalue weighted by molar-refractivity contribution is 0.644. The van der Waals surface area contributed by atoms with Crippen molar-refractivity contribution in [3.05, 3.63) is 85.9 Å². The summed E-state index contributed by atoms with van der Waals surface area (Å²) in [5.74, 6) is 0.442. The molecule has 0 radical (unpaired) electrons. The van der Waals surface area contributed by atoms with Crippen LogP contribution >= 0.6 is 23.2 Å². The molecule has 2 N–H and O–H groups in total. The Morgan fingerprint density at radius 3 is 2.87 bits per heavy atom. The van der Waals surface area contributed by atoms with Gasteiger partial charge in [0.1, 0.15) is 0 Å². The maximum atomic E-state index is 13.1. The van der Waals surface area contributed by atoms with Crippen molar-refractivity contribution in [2.45, 2.75) is 19.9 Å². The molecule has 6 nitrogen and oxygen atoms in total. The van der Waals surface area contributed by atoms with Crippen LogP contribution in [0.4, 0.5) is 11.6 Å². The average molecular weight is 452 g/mol. The molecule has 0 saturated carbocycles. The lowest BCUT2D eigenvalue weighted by Crippen LogP contribution is -2.23. The van der Waals surface area contributed by atoms with Crippen molar-refractivity contribution < 1.29 is 0 Å². The SMILES string of the molecule is Cc1cn(-c2cc(Cl)ccc2Cl)c(=O)c2cnc(Nc3ccc4c(c3)CNCC4)nc12. The first-order valence-corrected chi connectivity index (χ1v) is 10.7. The molecule has 0 atom stereocenters. The molecule has 8 heteroatoms. The molecular weight excluding hydrogens is 433 g/mol. The number of hydrogen-bond acceptors (Lipinski definition) is 5. The van der Waals surface area contributed by atoms with Gasteiger partial charge in [-0.05, 0) is 66.9 Å². The third-order valence-corrected chi connectivity index (χ3v) is 6.01. The Morgan fingerprint density at radius 2 is 2.00 bits per heavy atom. The predicted octanol–water partition coefficient (Wildman–Crippen LogP) is 4.79. The second kappa shape index (κ2) is 7.96. The van der Waals surface area contributed by atoms with Crippen molar-refractivity contribution in [2.24, 2.45) is 0 Å². The molecule has 0 spiro atoms. The van der Waals surface area contributed by atoms with Crippen LogP contribution in [0.25, 0.3) is 16.6 Å². The highest BCUT2D eigenvalue weighted by Crippen LogP contribution is 2.26. The normalized spacial score (nSPS) is 13.3. The summed E-state index contributed by atoms with van der Waals surface area (Å²) in [6.07, 6.45) is 4.31. The number of pyridine rings is 1. The summed E-state index contributed by atoms with van der Waals surface area (Å²) in [5, 5.41) is 7.99. The molecule has 0 saturated heterocycles. The zero-order chi connectivity index (χ0) is 21.5. The number of aryl methyl sites for hydroxylation is 1. The second-order valence-electron chi connectivity index (χ2n) is 7.57. The lowest BCUT2D eigenvalue weighted by Gasteiger charge is -2.18. The minimum absolute atomic E-state index is 0.254. The molecule has 31 heavy (non-hydrogen) atoms. The van der Waals surface area contributed by atoms with Crippen LogP contribution < -0.4 is 16.2 Å². The fourth-order valence-corrected chi connectivity index (χ4v) is 4.25. The first-order chi connectivity index (χ1) is 15.0. The minimum Gasteiger partial charge on any atom is -0.324 e. The van der Waals surface area contributed by atoms with E-state index < -0.39 is 0 Å². The van der Waals surface area contributed by atoms with Crippen molar-refractivity contribution >= 4 is 45.7 Å². The van der Waals surface area contributed by atoms with E-state index in [1.165, 1.54) is 15.7 Å². The molecule has 0 unspecified atom stereocenters. The van der Waals surface area contributed by atoms with Crippen LogP contribution in [0.3, 0.4) is 0 Å². The van der Waals surface area contributed by atoms with Crippen LogP contribution in [0.15, 0.2) is 53.6 Å². The zero-order valence-corrected chi connectivity index (χ0v) is 18.3. The number of benzene rings is 2. The number of nitrogens with zero attached hydrogens (tertiary/aromatic N) is 3. The highest BCUT2D eigenvalue weighted by molar-refractivity contribution is 6.34. The second-order valence-corrected chi connectivity index (χ2v) is 8.42. The van der Waals surface area contributed by atoms with Gasteiger partial charge in [-0.15, -0.1) is 0 Å². The Kier molecular flexibility index (Phi) is 5.14. The van der Waals surface area contributed by atoms with Gasteiger partial charge in [0, 0.05) is 29.6 Å². The maximum Gasteiger partial charge on any atom is 0.266 e. The summed E-state index contributed by atoms with van der Waals surface area (Å²) in [6, 6.07) is 11.3. The van der Waals surface area contributed by atoms with Gasteiger partial charge in [-0.2, -0.15) is 0 Å². The van der Waals surface area contributed by atoms with Gasteiger partial charge in [-0.25, -0.2) is 9.97 Å². The van der Waals surface area contributed by atoms with Gasteiger partial charge in [0.15, 0.2) is 0 Å². The molecule has 1 aliphatic heterocycles. The van der Waals surface area contributed by atoms with E-state index in [0.29, 0.717) is 32.6 Å². The summed E-state index contributed by atoms with van der Waals surface area (Å²) in [4.78, 5) is 22.1. The van der Waals surface area contributed by atoms with E-state index in [4.69, 9.17) is 23.2 Å². The molecule has 0 bridgehead atoms. The number of fused-ring (bicyclic) bond motifs is 2. The van der Waals surface area contributed by atoms with E-state index in [1.54, 1.807) is 30.6 Å². The Morgan fingerprint density at radius 1 is 1.13 bits per heavy atom. The first-order valence-electron chi connectivity index (χ1n) is 9.93. The molecule has 2 aromatic carbocycles. The standard InChI is InChI=1S/C23H19Cl2N5O/c1-13-12-30(20-9-16(24)3-5-19(20)25)22(31)18-11-27-23(29-21(13)18)28-17-4-2-14-6-7-26-10-15(14)8-17/h2-5,8-9,11-12,26H,6-7,10H2,1H3,(H,27,28,29). The molecule has 0 amide bonds. The number of anilines is 2. The Labute approximate surface area is 188 Å². The molecule has 1 aliphatic rings. The van der Waals surface area contributed by atoms with Gasteiger partial charge >= 0.3 is 0 Å². The van der Waals surface area contributed by atoms with Gasteiger partial charge in [-0.1, -0.05) is 29.3 Å². The summed E-state index contributed by atoms with van der Waals surface area (Å²) >= 11 is 12.4. The number of nitrogens with one attached hydrogen (secondary N) is 2. The number of aromatic nitrogens is 3. The Bertz CT molecular complexity index is 1380. The van der Waals surface area contributed by atoms with Crippen LogP contribution in [0.2, 0.25) is 10.0 Å². The molecule has 5 rings (SSSR count). The molecule has 3 heterocycles. The number of halogens is 2. The van der Waals surface area contributed by atoms with Crippen LogP contribution in [0.5, 0.6) is 0 Å². The maximum absolute atomic E-state index is 13.1. The van der Waals surface area contributed by atoms with Gasteiger partial charge in [0.2, 0.25) is 5.95 Å². The molecule has 0 aliphatic carbocycles. The van der Waals surface area contributed by atoms with E-state index in [9.17, 15) is 4.79 Å². The van der Waals surface area contributed by atoms with E-state index in [2.05, 4.69) is 32.7 Å². The molecule has 4 aromatic rings. The van der Waals surface area contributed by atoms with Crippen molar-refractivity contribution in [2.75, 3.05) is 11.9 Å². The van der Waals surface area contributed by atoms with Crippen LogP contribution in [0, 0.1) is 6.92 Å². The summed E-state index contributed by atoms with van der Waals surface area (Å²) < 4.78 is 1.48. The monoisotopic (exact) mass is 451 g/mol. The number of hydrogen-bond donors (Lipinski definition) is 2. The number of rotatable bonds is 3. The fraction of sp³-hybridized carbons (Fsp3) is 0.174. The molecular formula is C23H19Cl2N5O. The molecule has 0 fully saturated rings. The summed E-state index contributed by atoms with van der Waals surface area (Å²) in [7, 11) is 0. The van der Waals surface area contributed by atoms with E-state index >= 15 is 0 Å². The van der Waals surface area contributed by atoms with Crippen LogP contribution in [-0.2, 0) is 13.0 Å². The summed E-state index contributed by atoms with van der Waals surface area (Å²) in [6.45, 7) is 3.76. The van der Waals surface area contributed by atoms with E-state index in [-0.39, 0.29) is 5.56 Å². The van der Waals surface area contributed by atoms with Crippen molar-refractivity contribution in [3.8, 4) is 5.69 Å². The fourth-order valence-electron chi connectivity index (χ4n) is 3.88. The molecule has 2 aromatic heterocycles. The third kappa shape index (κ3) is 3.78. The van der Waals surface area contributed by atoms with Gasteiger partial charge < -0.3 is 10.6 Å². The quantitative estimate of drug-likeness (QED) is 0.468. The van der Waals surface area contributed by atoms with Gasteiger partial charge in [-0.3, -0.25) is 9.36 Å². The topological polar surface area (TPSA) is 71.8 Å². The largest absolute Gasteiger partial charge is 0.324 e. The smallest absolute Gasteiger partial charge is 0.266 e. The van der Waals surface area contributed by atoms with Crippen LogP contribution in [-0.4, -0.2) is 21.1 Å². The van der Waals surface area contributed by atoms with Crippen molar-refractivity contribution in [3.63, 3.8) is 0 Å². The predicted molar refractivity (Wildman–Crippen MR) is 125 cm³/mol. The highest BCUT2D eigenvalue weighted by Gasteiger charge is 2.14. The third-order valence-electron chi connectivity index (χ3n) is 5.45. The van der Waals surface area contributed by atoms with Crippen molar-refractivity contribution in [1.82, 2.24) is 19.9 Å². The van der Waals surface area contributed by atoms with Crippen molar-refractivity contribution in [1.29, 1.82) is 0 Å².